The summed E-state index contributed by atoms with van der Waals surface area (Å²) in [6, 6.07) is 26.9. The Kier molecular flexibility index (Phi) is 5.67. The van der Waals surface area contributed by atoms with Crippen LogP contribution in [-0.2, 0) is 0 Å². The summed E-state index contributed by atoms with van der Waals surface area (Å²) in [7, 11) is 8.26. The molecular formula is C32H34N3O+. The molecule has 1 saturated heterocycles. The van der Waals surface area contributed by atoms with E-state index < -0.39 is 0 Å². The molecule has 4 nitrogen and oxygen atoms in total. The molecule has 2 heterocycles. The Morgan fingerprint density at radius 3 is 2.33 bits per heavy atom. The van der Waals surface area contributed by atoms with Gasteiger partial charge in [-0.1, -0.05) is 18.2 Å². The highest BCUT2D eigenvalue weighted by Crippen LogP contribution is 2.41. The van der Waals surface area contributed by atoms with Gasteiger partial charge in [-0.2, -0.15) is 0 Å². The van der Waals surface area contributed by atoms with Crippen LogP contribution in [0.25, 0.3) is 44.2 Å². The molecule has 4 heteroatoms. The summed E-state index contributed by atoms with van der Waals surface area (Å²) >= 11 is 0. The van der Waals surface area contributed by atoms with E-state index in [9.17, 15) is 0 Å². The summed E-state index contributed by atoms with van der Waals surface area (Å²) in [6.45, 7) is 2.33. The first-order valence-corrected chi connectivity index (χ1v) is 13.0. The lowest BCUT2D eigenvalue weighted by atomic mass is 9.92. The number of nitrogens with zero attached hydrogens (tertiary/aromatic N) is 3. The van der Waals surface area contributed by atoms with Crippen LogP contribution in [0, 0.1) is 0 Å². The fourth-order valence-corrected chi connectivity index (χ4v) is 5.47. The molecule has 2 aliphatic heterocycles. The second-order valence-electron chi connectivity index (χ2n) is 10.4. The number of anilines is 2. The van der Waals surface area contributed by atoms with E-state index in [1.165, 1.54) is 59.9 Å². The molecule has 6 rings (SSSR count). The van der Waals surface area contributed by atoms with Crippen LogP contribution < -0.4 is 19.7 Å². The third-order valence-corrected chi connectivity index (χ3v) is 7.56. The summed E-state index contributed by atoms with van der Waals surface area (Å²) in [4.78, 5) is 4.65. The number of rotatable bonds is 3. The predicted molar refractivity (Wildman–Crippen MR) is 153 cm³/mol. The van der Waals surface area contributed by atoms with E-state index in [0.29, 0.717) is 0 Å². The minimum atomic E-state index is 0.903. The van der Waals surface area contributed by atoms with Crippen LogP contribution in [0.5, 0.6) is 0 Å². The molecule has 0 spiro atoms. The topological polar surface area (TPSA) is 22.6 Å². The number of hydrogen-bond donors (Lipinski definition) is 0. The average molecular weight is 477 g/mol. The molecular weight excluding hydrogens is 442 g/mol. The summed E-state index contributed by atoms with van der Waals surface area (Å²) in [5, 5.41) is 4.82. The van der Waals surface area contributed by atoms with Gasteiger partial charge in [-0.05, 0) is 72.0 Å². The van der Waals surface area contributed by atoms with E-state index in [-0.39, 0.29) is 0 Å². The summed E-state index contributed by atoms with van der Waals surface area (Å²) in [5.74, 6) is 0.903. The Bertz CT molecular complexity index is 1620. The van der Waals surface area contributed by atoms with Crippen molar-refractivity contribution >= 4 is 33.1 Å². The smallest absolute Gasteiger partial charge is 0.203 e. The largest absolute Gasteiger partial charge is 0.456 e. The average Bonchev–Trinajstić information content (AvgIpc) is 2.90. The van der Waals surface area contributed by atoms with Crippen LogP contribution in [0.3, 0.4) is 0 Å². The highest BCUT2D eigenvalue weighted by molar-refractivity contribution is 6.04. The van der Waals surface area contributed by atoms with E-state index in [1.54, 1.807) is 0 Å². The van der Waals surface area contributed by atoms with Gasteiger partial charge in [-0.25, -0.2) is 4.58 Å². The van der Waals surface area contributed by atoms with Crippen molar-refractivity contribution in [2.24, 2.45) is 0 Å². The van der Waals surface area contributed by atoms with Gasteiger partial charge in [0.05, 0.1) is 6.07 Å². The van der Waals surface area contributed by atoms with Gasteiger partial charge in [0.15, 0.2) is 0 Å². The van der Waals surface area contributed by atoms with Crippen molar-refractivity contribution < 1.29 is 4.42 Å². The molecule has 0 saturated carbocycles. The zero-order valence-corrected chi connectivity index (χ0v) is 21.7. The number of benzene rings is 4. The molecule has 3 aromatic carbocycles. The van der Waals surface area contributed by atoms with Crippen molar-refractivity contribution in [3.63, 3.8) is 0 Å². The molecule has 0 aromatic heterocycles. The van der Waals surface area contributed by atoms with Crippen LogP contribution in [0.1, 0.15) is 19.3 Å². The molecule has 0 unspecified atom stereocenters. The first-order valence-electron chi connectivity index (χ1n) is 13.0. The minimum Gasteiger partial charge on any atom is -0.456 e. The molecule has 3 aromatic rings. The Balaban J connectivity index is 1.55. The summed E-state index contributed by atoms with van der Waals surface area (Å²) < 4.78 is 8.62. The van der Waals surface area contributed by atoms with Crippen LogP contribution in [-0.4, -0.2) is 41.3 Å². The maximum absolute atomic E-state index is 6.50. The molecule has 1 aliphatic carbocycles. The lowest BCUT2D eigenvalue weighted by Crippen LogP contribution is -2.29. The van der Waals surface area contributed by atoms with Gasteiger partial charge in [0.25, 0.3) is 0 Å². The third kappa shape index (κ3) is 4.01. The van der Waals surface area contributed by atoms with E-state index in [1.807, 2.05) is 0 Å². The number of hydrogen-bond acceptors (Lipinski definition) is 3. The quantitative estimate of drug-likeness (QED) is 0.221. The molecule has 0 radical (unpaired) electrons. The Morgan fingerprint density at radius 1 is 0.778 bits per heavy atom. The van der Waals surface area contributed by atoms with Gasteiger partial charge in [0.1, 0.15) is 25.4 Å². The first-order chi connectivity index (χ1) is 17.5. The highest BCUT2D eigenvalue weighted by atomic mass is 16.3. The van der Waals surface area contributed by atoms with Crippen molar-refractivity contribution in [1.29, 1.82) is 0 Å². The van der Waals surface area contributed by atoms with Crippen LogP contribution in [0.15, 0.2) is 77.2 Å². The van der Waals surface area contributed by atoms with Gasteiger partial charge in [-0.3, -0.25) is 0 Å². The molecule has 3 aliphatic rings. The SMILES string of the molecule is CN(C)c1ccc2c(-c3ccc4cc(N5CCCCC5)ccc4c3)c3ccc(=[N+](C)C)cc-3oc2c1. The van der Waals surface area contributed by atoms with E-state index >= 15 is 0 Å². The highest BCUT2D eigenvalue weighted by Gasteiger charge is 2.19. The maximum Gasteiger partial charge on any atom is 0.203 e. The van der Waals surface area contributed by atoms with Gasteiger partial charge in [-0.15, -0.1) is 0 Å². The molecule has 0 N–H and O–H groups in total. The number of fused-ring (bicyclic) bond motifs is 3. The van der Waals surface area contributed by atoms with Crippen LogP contribution >= 0.6 is 0 Å². The van der Waals surface area contributed by atoms with Gasteiger partial charge in [0.2, 0.25) is 5.36 Å². The third-order valence-electron chi connectivity index (χ3n) is 7.56. The van der Waals surface area contributed by atoms with Crippen molar-refractivity contribution in [3.05, 3.63) is 78.2 Å². The maximum atomic E-state index is 6.50. The molecule has 0 amide bonds. The van der Waals surface area contributed by atoms with Crippen molar-refractivity contribution in [2.75, 3.05) is 51.1 Å². The predicted octanol–water partition coefficient (Wildman–Crippen LogP) is 6.45. The molecule has 1 fully saturated rings. The second-order valence-corrected chi connectivity index (χ2v) is 10.4. The Morgan fingerprint density at radius 2 is 1.56 bits per heavy atom. The van der Waals surface area contributed by atoms with Crippen molar-refractivity contribution in [2.45, 2.75) is 19.3 Å². The fraction of sp³-hybridized carbons (Fsp3) is 0.281. The summed E-state index contributed by atoms with van der Waals surface area (Å²) in [6.07, 6.45) is 3.94. The van der Waals surface area contributed by atoms with Gasteiger partial charge < -0.3 is 14.2 Å². The summed E-state index contributed by atoms with van der Waals surface area (Å²) in [5.41, 5.74) is 6.95. The molecule has 0 bridgehead atoms. The van der Waals surface area contributed by atoms with E-state index in [2.05, 4.69) is 115 Å². The Labute approximate surface area is 213 Å². The second kappa shape index (κ2) is 9.02. The lowest BCUT2D eigenvalue weighted by molar-refractivity contribution is 0.578. The van der Waals surface area contributed by atoms with Crippen molar-refractivity contribution in [1.82, 2.24) is 4.58 Å². The first kappa shape index (κ1) is 22.7. The molecule has 0 atom stereocenters. The van der Waals surface area contributed by atoms with E-state index in [4.69, 9.17) is 4.42 Å². The number of piperidine rings is 1. The normalized spacial score (nSPS) is 14.1. The lowest BCUT2D eigenvalue weighted by Gasteiger charge is -2.29. The fourth-order valence-electron chi connectivity index (χ4n) is 5.47. The van der Waals surface area contributed by atoms with Gasteiger partial charge in [0, 0.05) is 67.2 Å². The van der Waals surface area contributed by atoms with E-state index in [0.717, 1.165) is 33.3 Å². The monoisotopic (exact) mass is 476 g/mol. The van der Waals surface area contributed by atoms with Gasteiger partial charge >= 0.3 is 0 Å². The van der Waals surface area contributed by atoms with Crippen LogP contribution in [0.2, 0.25) is 0 Å². The van der Waals surface area contributed by atoms with Crippen LogP contribution in [0.4, 0.5) is 11.4 Å². The molecule has 182 valence electrons. The minimum absolute atomic E-state index is 0.903. The molecule has 36 heavy (non-hydrogen) atoms. The van der Waals surface area contributed by atoms with Crippen molar-refractivity contribution in [3.8, 4) is 22.5 Å². The standard InChI is InChI=1S/C32H34N3O/c1-33(2)25-12-14-28-30(20-25)36-31-21-26(34(3)4)13-15-29(31)32(28)24-9-8-23-19-27(11-10-22(23)18-24)35-16-6-5-7-17-35/h8-15,18-21H,5-7,16-17H2,1-4H3/q+1. The zero-order chi connectivity index (χ0) is 24.8. The zero-order valence-electron chi connectivity index (χ0n) is 21.7. The Hall–Kier alpha value is -3.79.